The first-order chi connectivity index (χ1) is 7.15. The molecule has 2 aliphatic rings. The number of carboxylic acid groups (broad SMARTS) is 1. The molecular weight excluding hydrogens is 194 g/mol. The highest BCUT2D eigenvalue weighted by molar-refractivity contribution is 5.81. The summed E-state index contributed by atoms with van der Waals surface area (Å²) in [7, 11) is 0. The Labute approximate surface area is 89.3 Å². The van der Waals surface area contributed by atoms with Crippen molar-refractivity contribution in [3.8, 4) is 0 Å². The third kappa shape index (κ3) is 1.85. The molecular formula is C11H17NO3. The monoisotopic (exact) mass is 211 g/mol. The predicted molar refractivity (Wildman–Crippen MR) is 54.3 cm³/mol. The molecule has 1 saturated carbocycles. The number of rotatable bonds is 3. The topological polar surface area (TPSA) is 57.6 Å². The summed E-state index contributed by atoms with van der Waals surface area (Å²) in [6.45, 7) is 1.97. The summed E-state index contributed by atoms with van der Waals surface area (Å²) in [5, 5.41) is 9.11. The van der Waals surface area contributed by atoms with Crippen LogP contribution >= 0.6 is 0 Å². The van der Waals surface area contributed by atoms with E-state index in [4.69, 9.17) is 5.11 Å². The number of aliphatic carboxylic acids is 1. The summed E-state index contributed by atoms with van der Waals surface area (Å²) in [6.07, 6.45) is 3.77. The molecule has 2 atom stereocenters. The predicted octanol–water partition coefficient (Wildman–Crippen LogP) is 1.25. The zero-order valence-corrected chi connectivity index (χ0v) is 8.98. The second-order valence-corrected chi connectivity index (χ2v) is 4.49. The van der Waals surface area contributed by atoms with E-state index in [1.807, 2.05) is 11.8 Å². The van der Waals surface area contributed by atoms with Crippen LogP contribution in [0.2, 0.25) is 0 Å². The highest BCUT2D eigenvalue weighted by atomic mass is 16.4. The van der Waals surface area contributed by atoms with E-state index in [9.17, 15) is 9.59 Å². The van der Waals surface area contributed by atoms with Crippen LogP contribution in [0.4, 0.5) is 0 Å². The lowest BCUT2D eigenvalue weighted by atomic mass is 9.87. The standard InChI is InChI=1S/C11H17NO3/c1-2-9-8(11(14)15)5-6-10(13)12(9)7-3-4-7/h7-9H,2-6H2,1H3,(H,14,15)/t8-,9+/m0/s1. The summed E-state index contributed by atoms with van der Waals surface area (Å²) in [6, 6.07) is 0.265. The Bertz CT molecular complexity index is 286. The Balaban J connectivity index is 2.17. The van der Waals surface area contributed by atoms with Crippen molar-refractivity contribution in [1.82, 2.24) is 4.90 Å². The van der Waals surface area contributed by atoms with Gasteiger partial charge in [-0.3, -0.25) is 9.59 Å². The summed E-state index contributed by atoms with van der Waals surface area (Å²) in [5.41, 5.74) is 0. The van der Waals surface area contributed by atoms with Crippen molar-refractivity contribution >= 4 is 11.9 Å². The number of hydrogen-bond acceptors (Lipinski definition) is 2. The van der Waals surface area contributed by atoms with E-state index in [0.29, 0.717) is 18.9 Å². The van der Waals surface area contributed by atoms with Gasteiger partial charge in [0.05, 0.1) is 5.92 Å². The van der Waals surface area contributed by atoms with Crippen LogP contribution in [-0.4, -0.2) is 34.0 Å². The molecule has 1 aliphatic carbocycles. The van der Waals surface area contributed by atoms with E-state index in [-0.39, 0.29) is 17.9 Å². The fourth-order valence-corrected chi connectivity index (χ4v) is 2.58. The SMILES string of the molecule is CC[C@@H]1[C@@H](C(=O)O)CCC(=O)N1C1CC1. The van der Waals surface area contributed by atoms with Crippen LogP contribution in [0.15, 0.2) is 0 Å². The minimum absolute atomic E-state index is 0.0729. The van der Waals surface area contributed by atoms with Gasteiger partial charge in [-0.1, -0.05) is 6.92 Å². The number of hydrogen-bond donors (Lipinski definition) is 1. The molecule has 0 aromatic carbocycles. The first-order valence-corrected chi connectivity index (χ1v) is 5.69. The summed E-state index contributed by atoms with van der Waals surface area (Å²) < 4.78 is 0. The number of nitrogens with zero attached hydrogens (tertiary/aromatic N) is 1. The van der Waals surface area contributed by atoms with Gasteiger partial charge in [-0.25, -0.2) is 0 Å². The molecule has 15 heavy (non-hydrogen) atoms. The normalized spacial score (nSPS) is 31.8. The molecule has 1 N–H and O–H groups in total. The van der Waals surface area contributed by atoms with Crippen LogP contribution in [-0.2, 0) is 9.59 Å². The molecule has 1 heterocycles. The first kappa shape index (κ1) is 10.5. The van der Waals surface area contributed by atoms with Gasteiger partial charge in [0.25, 0.3) is 0 Å². The Morgan fingerprint density at radius 2 is 2.13 bits per heavy atom. The van der Waals surface area contributed by atoms with Gasteiger partial charge in [-0.05, 0) is 25.7 Å². The van der Waals surface area contributed by atoms with Crippen LogP contribution in [0.3, 0.4) is 0 Å². The van der Waals surface area contributed by atoms with E-state index in [2.05, 4.69) is 0 Å². The third-order valence-electron chi connectivity index (χ3n) is 3.45. The van der Waals surface area contributed by atoms with Gasteiger partial charge >= 0.3 is 5.97 Å². The quantitative estimate of drug-likeness (QED) is 0.764. The number of carbonyl (C=O) groups is 2. The lowest BCUT2D eigenvalue weighted by molar-refractivity contribution is -0.152. The number of amides is 1. The lowest BCUT2D eigenvalue weighted by Crippen LogP contribution is -2.51. The molecule has 4 nitrogen and oxygen atoms in total. The van der Waals surface area contributed by atoms with Gasteiger partial charge in [0.1, 0.15) is 0 Å². The minimum atomic E-state index is -0.750. The molecule has 2 fully saturated rings. The van der Waals surface area contributed by atoms with Gasteiger partial charge in [0, 0.05) is 18.5 Å². The lowest BCUT2D eigenvalue weighted by Gasteiger charge is -2.39. The number of likely N-dealkylation sites (tertiary alicyclic amines) is 1. The van der Waals surface area contributed by atoms with Gasteiger partial charge in [0.2, 0.25) is 5.91 Å². The molecule has 0 radical (unpaired) electrons. The molecule has 0 aromatic rings. The van der Waals surface area contributed by atoms with Gasteiger partial charge in [0.15, 0.2) is 0 Å². The molecule has 1 aliphatic heterocycles. The first-order valence-electron chi connectivity index (χ1n) is 5.69. The molecule has 1 amide bonds. The molecule has 84 valence electrons. The smallest absolute Gasteiger partial charge is 0.308 e. The maximum atomic E-state index is 11.7. The summed E-state index contributed by atoms with van der Waals surface area (Å²) in [5.74, 6) is -0.949. The zero-order chi connectivity index (χ0) is 11.0. The highest BCUT2D eigenvalue weighted by Crippen LogP contribution is 2.36. The maximum Gasteiger partial charge on any atom is 0.308 e. The molecule has 0 bridgehead atoms. The average Bonchev–Trinajstić information content (AvgIpc) is 3.00. The van der Waals surface area contributed by atoms with E-state index >= 15 is 0 Å². The van der Waals surface area contributed by atoms with Crippen molar-refractivity contribution in [2.24, 2.45) is 5.92 Å². The molecule has 1 saturated heterocycles. The van der Waals surface area contributed by atoms with E-state index in [1.54, 1.807) is 0 Å². The molecule has 2 rings (SSSR count). The molecule has 0 aromatic heterocycles. The Morgan fingerprint density at radius 1 is 1.47 bits per heavy atom. The Kier molecular flexibility index (Phi) is 2.67. The van der Waals surface area contributed by atoms with Gasteiger partial charge in [-0.15, -0.1) is 0 Å². The Morgan fingerprint density at radius 3 is 2.60 bits per heavy atom. The molecule has 0 unspecified atom stereocenters. The van der Waals surface area contributed by atoms with Crippen molar-refractivity contribution in [3.63, 3.8) is 0 Å². The summed E-state index contributed by atoms with van der Waals surface area (Å²) in [4.78, 5) is 24.7. The van der Waals surface area contributed by atoms with Crippen molar-refractivity contribution in [2.45, 2.75) is 51.1 Å². The largest absolute Gasteiger partial charge is 0.481 e. The van der Waals surface area contributed by atoms with Crippen molar-refractivity contribution < 1.29 is 14.7 Å². The Hall–Kier alpha value is -1.06. The summed E-state index contributed by atoms with van der Waals surface area (Å²) >= 11 is 0. The number of carbonyl (C=O) groups excluding carboxylic acids is 1. The average molecular weight is 211 g/mol. The van der Waals surface area contributed by atoms with Crippen LogP contribution in [0.5, 0.6) is 0 Å². The van der Waals surface area contributed by atoms with Crippen molar-refractivity contribution in [2.75, 3.05) is 0 Å². The number of piperidine rings is 1. The van der Waals surface area contributed by atoms with E-state index in [1.165, 1.54) is 0 Å². The van der Waals surface area contributed by atoms with E-state index in [0.717, 1.165) is 19.3 Å². The highest BCUT2D eigenvalue weighted by Gasteiger charge is 2.44. The zero-order valence-electron chi connectivity index (χ0n) is 8.98. The molecule has 4 heteroatoms. The van der Waals surface area contributed by atoms with Crippen LogP contribution in [0.1, 0.15) is 39.0 Å². The van der Waals surface area contributed by atoms with Gasteiger partial charge in [-0.2, -0.15) is 0 Å². The van der Waals surface area contributed by atoms with E-state index < -0.39 is 5.97 Å². The van der Waals surface area contributed by atoms with Gasteiger partial charge < -0.3 is 10.0 Å². The van der Waals surface area contributed by atoms with Crippen LogP contribution < -0.4 is 0 Å². The minimum Gasteiger partial charge on any atom is -0.481 e. The second-order valence-electron chi connectivity index (χ2n) is 4.49. The molecule has 0 spiro atoms. The fraction of sp³-hybridized carbons (Fsp3) is 0.818. The van der Waals surface area contributed by atoms with Crippen LogP contribution in [0.25, 0.3) is 0 Å². The third-order valence-corrected chi connectivity index (χ3v) is 3.45. The van der Waals surface area contributed by atoms with Crippen LogP contribution in [0, 0.1) is 5.92 Å². The second kappa shape index (κ2) is 3.83. The maximum absolute atomic E-state index is 11.7. The van der Waals surface area contributed by atoms with Crippen molar-refractivity contribution in [1.29, 1.82) is 0 Å². The number of carboxylic acids is 1. The fourth-order valence-electron chi connectivity index (χ4n) is 2.58. The van der Waals surface area contributed by atoms with Crippen molar-refractivity contribution in [3.05, 3.63) is 0 Å².